The zero-order valence-electron chi connectivity index (χ0n) is 18.4. The van der Waals surface area contributed by atoms with Crippen LogP contribution in [0, 0.1) is 5.82 Å². The van der Waals surface area contributed by atoms with E-state index in [9.17, 15) is 30.8 Å². The number of alkyl halides is 3. The van der Waals surface area contributed by atoms with Gasteiger partial charge in [0.05, 0.1) is 25.0 Å². The van der Waals surface area contributed by atoms with E-state index in [-0.39, 0.29) is 29.2 Å². The number of methoxy groups -OCH3 is 1. The van der Waals surface area contributed by atoms with Gasteiger partial charge in [0.2, 0.25) is 0 Å². The predicted octanol–water partition coefficient (Wildman–Crippen LogP) is 3.36. The first-order chi connectivity index (χ1) is 16.3. The maximum atomic E-state index is 14.3. The number of ether oxygens (including phenoxy) is 1. The van der Waals surface area contributed by atoms with Gasteiger partial charge in [0.15, 0.2) is 15.5 Å². The van der Waals surface area contributed by atoms with Crippen molar-refractivity contribution in [1.82, 2.24) is 15.1 Å². The van der Waals surface area contributed by atoms with Crippen molar-refractivity contribution >= 4 is 21.6 Å². The van der Waals surface area contributed by atoms with Crippen LogP contribution in [0.15, 0.2) is 48.5 Å². The van der Waals surface area contributed by atoms with Crippen molar-refractivity contribution in [2.24, 2.45) is 5.73 Å². The summed E-state index contributed by atoms with van der Waals surface area (Å²) in [6, 6.07) is 9.35. The fourth-order valence-electron chi connectivity index (χ4n) is 3.06. The van der Waals surface area contributed by atoms with Crippen LogP contribution in [0.25, 0.3) is 5.69 Å². The molecule has 0 saturated heterocycles. The molecule has 14 heteroatoms. The molecule has 0 aliphatic carbocycles. The summed E-state index contributed by atoms with van der Waals surface area (Å²) in [5, 5.41) is 6.72. The van der Waals surface area contributed by atoms with Crippen molar-refractivity contribution in [1.29, 1.82) is 0 Å². The Morgan fingerprint density at radius 1 is 1.20 bits per heavy atom. The highest BCUT2D eigenvalue weighted by molar-refractivity contribution is 7.90. The fraction of sp³-hybridized carbons (Fsp3) is 0.238. The summed E-state index contributed by atoms with van der Waals surface area (Å²) in [6.45, 7) is -0.356. The Bertz CT molecular complexity index is 1340. The third kappa shape index (κ3) is 6.27. The van der Waals surface area contributed by atoms with Gasteiger partial charge in [0.1, 0.15) is 16.9 Å². The van der Waals surface area contributed by atoms with Gasteiger partial charge in [0.25, 0.3) is 0 Å². The number of sulfone groups is 1. The van der Waals surface area contributed by atoms with Crippen LogP contribution in [0.4, 0.5) is 28.0 Å². The number of urea groups is 1. The van der Waals surface area contributed by atoms with E-state index in [0.29, 0.717) is 5.75 Å². The second-order valence-electron chi connectivity index (χ2n) is 7.43. The zero-order chi connectivity index (χ0) is 26.0. The van der Waals surface area contributed by atoms with Gasteiger partial charge in [-0.15, -0.1) is 0 Å². The first-order valence-electron chi connectivity index (χ1n) is 9.89. The van der Waals surface area contributed by atoms with Gasteiger partial charge in [-0.1, -0.05) is 12.1 Å². The Morgan fingerprint density at radius 2 is 1.91 bits per heavy atom. The molecular formula is C21H21F4N5O4S. The van der Waals surface area contributed by atoms with Crippen molar-refractivity contribution in [3.63, 3.8) is 0 Å². The molecule has 0 spiro atoms. The van der Waals surface area contributed by atoms with Gasteiger partial charge in [-0.25, -0.2) is 22.3 Å². The maximum absolute atomic E-state index is 14.3. The number of rotatable bonds is 7. The van der Waals surface area contributed by atoms with Crippen molar-refractivity contribution in [3.05, 3.63) is 71.3 Å². The Morgan fingerprint density at radius 3 is 2.51 bits per heavy atom. The van der Waals surface area contributed by atoms with Crippen LogP contribution in [-0.4, -0.2) is 37.6 Å². The molecule has 35 heavy (non-hydrogen) atoms. The minimum atomic E-state index is -4.72. The minimum absolute atomic E-state index is 0.0152. The lowest BCUT2D eigenvalue weighted by Crippen LogP contribution is -2.29. The molecule has 9 nitrogen and oxygen atoms in total. The first-order valence-corrected chi connectivity index (χ1v) is 11.8. The van der Waals surface area contributed by atoms with E-state index in [1.165, 1.54) is 25.3 Å². The number of hydrogen-bond donors (Lipinski definition) is 3. The molecule has 3 aromatic rings. The number of nitrogens with one attached hydrogen (secondary N) is 2. The molecular weight excluding hydrogens is 494 g/mol. The number of carbonyl (C=O) groups is 1. The molecule has 1 heterocycles. The largest absolute Gasteiger partial charge is 0.497 e. The second kappa shape index (κ2) is 9.92. The fourth-order valence-corrected chi connectivity index (χ4v) is 3.71. The third-order valence-electron chi connectivity index (χ3n) is 4.83. The maximum Gasteiger partial charge on any atom is 0.435 e. The van der Waals surface area contributed by atoms with E-state index in [1.54, 1.807) is 12.1 Å². The predicted molar refractivity (Wildman–Crippen MR) is 119 cm³/mol. The molecule has 0 saturated carbocycles. The number of amides is 2. The molecule has 1 atom stereocenters. The van der Waals surface area contributed by atoms with Gasteiger partial charge in [-0.2, -0.15) is 18.3 Å². The van der Waals surface area contributed by atoms with Gasteiger partial charge >= 0.3 is 12.2 Å². The lowest BCUT2D eigenvalue weighted by Gasteiger charge is -2.13. The van der Waals surface area contributed by atoms with E-state index in [1.807, 2.05) is 0 Å². The number of anilines is 1. The number of nitrogens with two attached hydrogens (primary N) is 1. The standard InChI is InChI=1S/C21H21F4N5O4S/c1-34-15-5-3-4-13(9-15)30-14(10-18(29-30)21(23,24)25)11-27-20(31)28-12-6-7-16(17(22)8-12)19(26)35(2,32)33/h3-10,19H,11,26H2,1-2H3,(H2,27,28,31). The lowest BCUT2D eigenvalue weighted by molar-refractivity contribution is -0.141. The van der Waals surface area contributed by atoms with Crippen molar-refractivity contribution in [2.75, 3.05) is 18.7 Å². The van der Waals surface area contributed by atoms with E-state index >= 15 is 0 Å². The highest BCUT2D eigenvalue weighted by Crippen LogP contribution is 2.30. The summed E-state index contributed by atoms with van der Waals surface area (Å²) in [4.78, 5) is 12.3. The number of carbonyl (C=O) groups excluding carboxylic acids is 1. The topological polar surface area (TPSA) is 128 Å². The monoisotopic (exact) mass is 515 g/mol. The van der Waals surface area contributed by atoms with Crippen molar-refractivity contribution in [3.8, 4) is 11.4 Å². The van der Waals surface area contributed by atoms with Crippen molar-refractivity contribution in [2.45, 2.75) is 18.1 Å². The van der Waals surface area contributed by atoms with Gasteiger partial charge < -0.3 is 21.1 Å². The molecule has 0 fully saturated rings. The molecule has 2 amide bonds. The average molecular weight is 515 g/mol. The molecule has 0 bridgehead atoms. The van der Waals surface area contributed by atoms with Crippen LogP contribution < -0.4 is 21.1 Å². The summed E-state index contributed by atoms with van der Waals surface area (Å²) in [5.74, 6) is -0.559. The van der Waals surface area contributed by atoms with E-state index in [4.69, 9.17) is 10.5 Å². The number of benzene rings is 2. The van der Waals surface area contributed by atoms with E-state index in [2.05, 4.69) is 15.7 Å². The highest BCUT2D eigenvalue weighted by atomic mass is 32.2. The van der Waals surface area contributed by atoms with Crippen LogP contribution in [-0.2, 0) is 22.6 Å². The minimum Gasteiger partial charge on any atom is -0.497 e. The Labute approximate surface area is 197 Å². The third-order valence-corrected chi connectivity index (χ3v) is 6.00. The highest BCUT2D eigenvalue weighted by Gasteiger charge is 2.35. The van der Waals surface area contributed by atoms with Crippen LogP contribution in [0.3, 0.4) is 0 Å². The number of nitrogens with zero attached hydrogens (tertiary/aromatic N) is 2. The molecule has 0 radical (unpaired) electrons. The van der Waals surface area contributed by atoms with Crippen molar-refractivity contribution < 1.29 is 35.5 Å². The Hall–Kier alpha value is -3.65. The number of halogens is 4. The van der Waals surface area contributed by atoms with E-state index in [0.717, 1.165) is 29.1 Å². The normalized spacial score (nSPS) is 12.8. The molecule has 0 aliphatic rings. The average Bonchev–Trinajstić information content (AvgIpc) is 3.22. The molecule has 0 aliphatic heterocycles. The summed E-state index contributed by atoms with van der Waals surface area (Å²) in [7, 11) is -2.35. The van der Waals surface area contributed by atoms with Gasteiger partial charge in [-0.05, 0) is 30.3 Å². The Kier molecular flexibility index (Phi) is 7.36. The van der Waals surface area contributed by atoms with Gasteiger partial charge in [-0.3, -0.25) is 0 Å². The smallest absolute Gasteiger partial charge is 0.435 e. The van der Waals surface area contributed by atoms with Crippen LogP contribution in [0.2, 0.25) is 0 Å². The van der Waals surface area contributed by atoms with Crippen LogP contribution in [0.1, 0.15) is 22.3 Å². The van der Waals surface area contributed by atoms with Crippen LogP contribution >= 0.6 is 0 Å². The number of aromatic nitrogens is 2. The molecule has 3 rings (SSSR count). The molecule has 1 unspecified atom stereocenters. The lowest BCUT2D eigenvalue weighted by atomic mass is 10.2. The summed E-state index contributed by atoms with van der Waals surface area (Å²) in [6.07, 6.45) is -3.86. The number of hydrogen-bond acceptors (Lipinski definition) is 6. The molecule has 2 aromatic carbocycles. The van der Waals surface area contributed by atoms with Crippen LogP contribution in [0.5, 0.6) is 5.75 Å². The quantitative estimate of drug-likeness (QED) is 0.414. The summed E-state index contributed by atoms with van der Waals surface area (Å²) in [5.41, 5.74) is 4.36. The molecule has 1 aromatic heterocycles. The first kappa shape index (κ1) is 26.0. The summed E-state index contributed by atoms with van der Waals surface area (Å²) >= 11 is 0. The van der Waals surface area contributed by atoms with Gasteiger partial charge in [0, 0.05) is 23.6 Å². The SMILES string of the molecule is COc1cccc(-n2nc(C(F)(F)F)cc2CNC(=O)Nc2ccc(C(N)S(C)(=O)=O)c(F)c2)c1. The zero-order valence-corrected chi connectivity index (χ0v) is 19.2. The molecule has 4 N–H and O–H groups in total. The molecule has 188 valence electrons. The second-order valence-corrected chi connectivity index (χ2v) is 9.59. The van der Waals surface area contributed by atoms with E-state index < -0.39 is 38.9 Å². The Balaban J connectivity index is 1.77. The summed E-state index contributed by atoms with van der Waals surface area (Å²) < 4.78 is 83.2.